The number of methoxy groups -OCH3 is 1. The molecule has 0 fully saturated rings. The molecule has 5 rings (SSSR count). The van der Waals surface area contributed by atoms with Gasteiger partial charge >= 0.3 is 0 Å². The van der Waals surface area contributed by atoms with Gasteiger partial charge in [-0.3, -0.25) is 9.59 Å². The van der Waals surface area contributed by atoms with E-state index in [1.807, 2.05) is 42.5 Å². The lowest BCUT2D eigenvalue weighted by molar-refractivity contribution is -0.119. The Morgan fingerprint density at radius 2 is 1.46 bits per heavy atom. The monoisotopic (exact) mass is 591 g/mol. The second kappa shape index (κ2) is 10.3. The van der Waals surface area contributed by atoms with Crippen molar-refractivity contribution in [3.05, 3.63) is 80.6 Å². The molecule has 5 nitrogen and oxygen atoms in total. The summed E-state index contributed by atoms with van der Waals surface area (Å²) in [5.41, 5.74) is 5.42. The maximum absolute atomic E-state index is 13.8. The van der Waals surface area contributed by atoms with Gasteiger partial charge in [0.1, 0.15) is 6.61 Å². The minimum atomic E-state index is -0.392. The molecule has 0 atom stereocenters. The SMILES string of the molecule is CCN1C2=C(C(=O)CC(C)(C)C2)C(c2ccc(OCc3ccccc3Br)c(OC)c2)C2=C1CC(C)(C)CC2=O. The Morgan fingerprint density at radius 3 is 2.00 bits per heavy atom. The lowest BCUT2D eigenvalue weighted by Crippen LogP contribution is -2.44. The third-order valence-corrected chi connectivity index (χ3v) is 8.97. The number of nitrogens with zero attached hydrogens (tertiary/aromatic N) is 1. The van der Waals surface area contributed by atoms with Crippen LogP contribution in [-0.2, 0) is 16.2 Å². The summed E-state index contributed by atoms with van der Waals surface area (Å²) in [4.78, 5) is 29.9. The fourth-order valence-electron chi connectivity index (χ4n) is 6.52. The van der Waals surface area contributed by atoms with E-state index in [0.29, 0.717) is 30.9 Å². The van der Waals surface area contributed by atoms with Gasteiger partial charge in [-0.1, -0.05) is 67.9 Å². The van der Waals surface area contributed by atoms with Crippen molar-refractivity contribution >= 4 is 27.5 Å². The zero-order valence-corrected chi connectivity index (χ0v) is 25.4. The number of halogens is 1. The number of allylic oxidation sites excluding steroid dienone is 4. The predicted octanol–water partition coefficient (Wildman–Crippen LogP) is 7.74. The van der Waals surface area contributed by atoms with E-state index in [2.05, 4.69) is 55.4 Å². The Labute approximate surface area is 240 Å². The first-order chi connectivity index (χ1) is 18.4. The number of carbonyl (C=O) groups excluding carboxylic acids is 2. The summed E-state index contributed by atoms with van der Waals surface area (Å²) in [5, 5.41) is 0. The van der Waals surface area contributed by atoms with Crippen LogP contribution in [0.15, 0.2) is 69.5 Å². The van der Waals surface area contributed by atoms with Gasteiger partial charge in [0.2, 0.25) is 0 Å². The molecule has 206 valence electrons. The first kappa shape index (κ1) is 27.7. The van der Waals surface area contributed by atoms with Crippen molar-refractivity contribution < 1.29 is 19.1 Å². The van der Waals surface area contributed by atoms with Crippen LogP contribution in [0.1, 0.15) is 77.3 Å². The summed E-state index contributed by atoms with van der Waals surface area (Å²) in [7, 11) is 1.63. The van der Waals surface area contributed by atoms with E-state index in [-0.39, 0.29) is 22.4 Å². The van der Waals surface area contributed by atoms with E-state index in [4.69, 9.17) is 9.47 Å². The van der Waals surface area contributed by atoms with Gasteiger partial charge in [0.25, 0.3) is 0 Å². The van der Waals surface area contributed by atoms with Crippen molar-refractivity contribution in [3.8, 4) is 11.5 Å². The summed E-state index contributed by atoms with van der Waals surface area (Å²) in [6, 6.07) is 13.8. The van der Waals surface area contributed by atoms with E-state index in [9.17, 15) is 9.59 Å². The van der Waals surface area contributed by atoms with Gasteiger partial charge in [0, 0.05) is 57.9 Å². The van der Waals surface area contributed by atoms with Gasteiger partial charge in [-0.05, 0) is 54.4 Å². The first-order valence-corrected chi connectivity index (χ1v) is 14.6. The quantitative estimate of drug-likeness (QED) is 0.344. The third-order valence-electron chi connectivity index (χ3n) is 8.20. The average molecular weight is 593 g/mol. The number of ether oxygens (including phenoxy) is 2. The highest BCUT2D eigenvalue weighted by atomic mass is 79.9. The standard InChI is InChI=1S/C33H38BrNO4/c1-7-35-23-15-32(2,3)17-25(36)30(23)29(31-24(35)16-33(4,5)18-26(31)37)20-12-13-27(28(14-20)38-6)39-19-21-10-8-9-11-22(21)34/h8-14,29H,7,15-19H2,1-6H3. The molecule has 2 aromatic carbocycles. The Bertz CT molecular complexity index is 1350. The molecule has 0 unspecified atom stereocenters. The van der Waals surface area contributed by atoms with Crippen molar-refractivity contribution in [1.29, 1.82) is 0 Å². The summed E-state index contributed by atoms with van der Waals surface area (Å²) >= 11 is 3.58. The predicted molar refractivity (Wildman–Crippen MR) is 157 cm³/mol. The fraction of sp³-hybridized carbons (Fsp3) is 0.455. The molecular formula is C33H38BrNO4. The molecule has 0 spiro atoms. The number of rotatable bonds is 6. The van der Waals surface area contributed by atoms with Crippen LogP contribution in [0, 0.1) is 10.8 Å². The number of Topliss-reactive ketones (excluding diaryl/α,β-unsaturated/α-hetero) is 2. The van der Waals surface area contributed by atoms with Gasteiger partial charge in [-0.15, -0.1) is 0 Å². The second-order valence-electron chi connectivity index (χ2n) is 12.6. The van der Waals surface area contributed by atoms with Crippen LogP contribution in [0.5, 0.6) is 11.5 Å². The Kier molecular flexibility index (Phi) is 7.30. The van der Waals surface area contributed by atoms with Crippen LogP contribution < -0.4 is 9.47 Å². The van der Waals surface area contributed by atoms with Crippen LogP contribution in [0.2, 0.25) is 0 Å². The lowest BCUT2D eigenvalue weighted by atomic mass is 9.63. The van der Waals surface area contributed by atoms with Crippen molar-refractivity contribution in [1.82, 2.24) is 4.90 Å². The molecule has 39 heavy (non-hydrogen) atoms. The highest BCUT2D eigenvalue weighted by Gasteiger charge is 2.48. The van der Waals surface area contributed by atoms with Crippen molar-refractivity contribution in [2.45, 2.75) is 72.8 Å². The average Bonchev–Trinajstić information content (AvgIpc) is 2.85. The Morgan fingerprint density at radius 1 is 0.872 bits per heavy atom. The number of ketones is 2. The number of hydrogen-bond donors (Lipinski definition) is 0. The van der Waals surface area contributed by atoms with E-state index >= 15 is 0 Å². The Balaban J connectivity index is 1.61. The molecule has 0 saturated heterocycles. The highest BCUT2D eigenvalue weighted by molar-refractivity contribution is 9.10. The molecule has 1 heterocycles. The minimum Gasteiger partial charge on any atom is -0.493 e. The molecule has 3 aliphatic rings. The fourth-order valence-corrected chi connectivity index (χ4v) is 6.92. The second-order valence-corrected chi connectivity index (χ2v) is 13.4. The van der Waals surface area contributed by atoms with Crippen LogP contribution in [0.3, 0.4) is 0 Å². The van der Waals surface area contributed by atoms with Crippen LogP contribution in [-0.4, -0.2) is 30.1 Å². The molecule has 0 bridgehead atoms. The van der Waals surface area contributed by atoms with Crippen molar-refractivity contribution in [3.63, 3.8) is 0 Å². The summed E-state index contributed by atoms with van der Waals surface area (Å²) in [5.74, 6) is 1.10. The van der Waals surface area contributed by atoms with E-state index in [1.165, 1.54) is 0 Å². The molecule has 6 heteroatoms. The number of hydrogen-bond acceptors (Lipinski definition) is 5. The molecule has 0 amide bonds. The van der Waals surface area contributed by atoms with Gasteiger partial charge in [0.05, 0.1) is 7.11 Å². The largest absolute Gasteiger partial charge is 0.493 e. The van der Waals surface area contributed by atoms with Crippen molar-refractivity contribution in [2.24, 2.45) is 10.8 Å². The van der Waals surface area contributed by atoms with E-state index in [0.717, 1.165) is 57.5 Å². The van der Waals surface area contributed by atoms with Crippen molar-refractivity contribution in [2.75, 3.05) is 13.7 Å². The van der Waals surface area contributed by atoms with Gasteiger partial charge in [0.15, 0.2) is 23.1 Å². The molecule has 0 saturated carbocycles. The van der Waals surface area contributed by atoms with Gasteiger partial charge in [-0.2, -0.15) is 0 Å². The summed E-state index contributed by atoms with van der Waals surface area (Å²) < 4.78 is 12.9. The highest BCUT2D eigenvalue weighted by Crippen LogP contribution is 2.54. The minimum absolute atomic E-state index is 0.124. The summed E-state index contributed by atoms with van der Waals surface area (Å²) in [6.45, 7) is 11.9. The lowest BCUT2D eigenvalue weighted by Gasteiger charge is -2.48. The Hall–Kier alpha value is -2.86. The van der Waals surface area contributed by atoms with Crippen LogP contribution in [0.25, 0.3) is 0 Å². The van der Waals surface area contributed by atoms with Crippen LogP contribution in [0.4, 0.5) is 0 Å². The third kappa shape index (κ3) is 5.20. The maximum atomic E-state index is 13.8. The van der Waals surface area contributed by atoms with E-state index in [1.54, 1.807) is 7.11 Å². The van der Waals surface area contributed by atoms with Crippen LogP contribution >= 0.6 is 15.9 Å². The number of benzene rings is 2. The smallest absolute Gasteiger partial charge is 0.162 e. The zero-order valence-electron chi connectivity index (χ0n) is 23.8. The van der Waals surface area contributed by atoms with Gasteiger partial charge in [-0.25, -0.2) is 0 Å². The first-order valence-electron chi connectivity index (χ1n) is 13.8. The zero-order chi connectivity index (χ0) is 28.1. The molecule has 0 N–H and O–H groups in total. The normalized spacial score (nSPS) is 20.6. The topological polar surface area (TPSA) is 55.8 Å². The van der Waals surface area contributed by atoms with Gasteiger partial charge < -0.3 is 14.4 Å². The molecule has 1 aliphatic heterocycles. The number of carbonyl (C=O) groups is 2. The molecule has 0 aromatic heterocycles. The van der Waals surface area contributed by atoms with E-state index < -0.39 is 5.92 Å². The molecule has 2 aromatic rings. The molecule has 2 aliphatic carbocycles. The summed E-state index contributed by atoms with van der Waals surface area (Å²) in [6.07, 6.45) is 2.58. The molecule has 0 radical (unpaired) electrons. The maximum Gasteiger partial charge on any atom is 0.162 e. The molecular weight excluding hydrogens is 554 g/mol.